The molecule has 1 saturated heterocycles. The summed E-state index contributed by atoms with van der Waals surface area (Å²) < 4.78 is 38.9. The zero-order valence-corrected chi connectivity index (χ0v) is 26.8. The lowest BCUT2D eigenvalue weighted by Crippen LogP contribution is -2.75. The number of β-lactam (4-membered cyclic amide) rings is 1. The Morgan fingerprint density at radius 1 is 1.28 bits per heavy atom. The van der Waals surface area contributed by atoms with Crippen LogP contribution in [0.4, 0.5) is 5.13 Å². The molecule has 19 nitrogen and oxygen atoms in total. The number of guanidine groups is 1. The molecule has 9 N–H and O–H groups in total. The summed E-state index contributed by atoms with van der Waals surface area (Å²) in [5.41, 5.74) is 12.6. The lowest BCUT2D eigenvalue weighted by atomic mass is 9.85. The fraction of sp³-hybridized carbons (Fsp3) is 0.440. The van der Waals surface area contributed by atoms with Crippen molar-refractivity contribution < 1.29 is 46.3 Å². The summed E-state index contributed by atoms with van der Waals surface area (Å²) in [6, 6.07) is 7.24. The molecule has 2 unspecified atom stereocenters. The van der Waals surface area contributed by atoms with Gasteiger partial charge in [0.05, 0.1) is 18.1 Å². The molecule has 254 valence electrons. The van der Waals surface area contributed by atoms with Crippen LogP contribution in [0.25, 0.3) is 0 Å². The highest BCUT2D eigenvalue weighted by Gasteiger charge is 2.57. The first-order valence-electron chi connectivity index (χ1n) is 13.4. The number of aromatic nitrogens is 1. The number of benzene rings is 1. The third-order valence-electron chi connectivity index (χ3n) is 6.08. The first-order valence-corrected chi connectivity index (χ1v) is 15.7. The Hall–Kier alpha value is -4.57. The van der Waals surface area contributed by atoms with Crippen molar-refractivity contribution in [2.24, 2.45) is 15.9 Å². The Morgan fingerprint density at radius 2 is 1.96 bits per heavy atom. The Labute approximate surface area is 268 Å². The van der Waals surface area contributed by atoms with E-state index in [1.54, 1.807) is 0 Å². The highest BCUT2D eigenvalue weighted by Crippen LogP contribution is 2.32. The van der Waals surface area contributed by atoms with Gasteiger partial charge in [-0.15, -0.1) is 15.6 Å². The van der Waals surface area contributed by atoms with Crippen LogP contribution in [-0.4, -0.2) is 103 Å². The Morgan fingerprint density at radius 3 is 2.50 bits per heavy atom. The van der Waals surface area contributed by atoms with Gasteiger partial charge in [0.25, 0.3) is 12.4 Å². The van der Waals surface area contributed by atoms with E-state index < -0.39 is 27.9 Å². The number of rotatable bonds is 13. The molecule has 1 aromatic heterocycles. The van der Waals surface area contributed by atoms with Crippen LogP contribution in [0.1, 0.15) is 38.1 Å². The molecule has 21 heteroatoms. The second kappa shape index (κ2) is 17.8. The SMILES string of the molecule is C/C(=N\OCCOc1ccc(C2CN=C(NCCN)N2)cc1)c1csc(N)n1.CC1(C)C(NC=O)C(=O)N1OS(=O)(=O)O.O=CO. The molecule has 46 heavy (non-hydrogen) atoms. The minimum Gasteiger partial charge on any atom is -0.490 e. The summed E-state index contributed by atoms with van der Waals surface area (Å²) >= 11 is 1.37. The molecular formula is C25H37N9O10S2. The smallest absolute Gasteiger partial charge is 0.418 e. The van der Waals surface area contributed by atoms with E-state index in [1.807, 2.05) is 36.6 Å². The summed E-state index contributed by atoms with van der Waals surface area (Å²) in [5.74, 6) is 0.828. The molecule has 1 aromatic carbocycles. The van der Waals surface area contributed by atoms with Crippen LogP contribution in [0.2, 0.25) is 0 Å². The van der Waals surface area contributed by atoms with Crippen LogP contribution < -0.4 is 32.2 Å². The predicted octanol–water partition coefficient (Wildman–Crippen LogP) is -0.749. The van der Waals surface area contributed by atoms with Gasteiger partial charge in [-0.1, -0.05) is 17.3 Å². The number of nitrogens with two attached hydrogens (primary N) is 2. The summed E-state index contributed by atoms with van der Waals surface area (Å²) in [7, 11) is -4.74. The van der Waals surface area contributed by atoms with E-state index in [-0.39, 0.29) is 12.5 Å². The number of hydrogen-bond acceptors (Lipinski definition) is 16. The minimum absolute atomic E-state index is 0.162. The number of aliphatic imine (C=N–C) groups is 1. The van der Waals surface area contributed by atoms with E-state index in [0.29, 0.717) is 55.2 Å². The number of oxime groups is 1. The second-order valence-corrected chi connectivity index (χ2v) is 11.6. The number of nitrogens with zero attached hydrogens (tertiary/aromatic N) is 4. The number of nitrogen functional groups attached to an aromatic ring is 1. The molecule has 2 aliphatic rings. The van der Waals surface area contributed by atoms with Gasteiger partial charge in [-0.3, -0.25) is 23.9 Å². The van der Waals surface area contributed by atoms with Crippen LogP contribution in [-0.2, 0) is 33.9 Å². The molecule has 3 heterocycles. The average Bonchev–Trinajstić information content (AvgIpc) is 3.67. The van der Waals surface area contributed by atoms with Gasteiger partial charge in [-0.05, 0) is 38.5 Å². The highest BCUT2D eigenvalue weighted by molar-refractivity contribution is 7.80. The van der Waals surface area contributed by atoms with Crippen LogP contribution in [0.5, 0.6) is 5.75 Å². The number of ether oxygens (including phenoxy) is 1. The van der Waals surface area contributed by atoms with Crippen LogP contribution >= 0.6 is 11.3 Å². The molecule has 2 amide bonds. The van der Waals surface area contributed by atoms with Gasteiger partial charge in [0.2, 0.25) is 6.41 Å². The van der Waals surface area contributed by atoms with Crippen molar-refractivity contribution in [1.82, 2.24) is 26.0 Å². The standard InChI is InChI=1S/C18H25N7O2S.C6H10N2O6S.CH2O2/c1-12(16-11-28-17(20)23-16)25-27-9-8-26-14-4-2-13(3-5-14)15-10-22-18(24-15)21-7-6-19;1-6(2)4(7-3-9)5(10)8(6)14-15(11,12)13;2-1-3/h2-5,11,15H,6-10,19H2,1H3,(H2,20,23)(H2,21,22,24);3-4H,1-2H3,(H,7,9)(H,11,12,13);1H,(H,2,3)/b25-12+;;. The monoisotopic (exact) mass is 687 g/mol. The van der Waals surface area contributed by atoms with E-state index in [9.17, 15) is 18.0 Å². The fourth-order valence-electron chi connectivity index (χ4n) is 3.89. The van der Waals surface area contributed by atoms with Gasteiger partial charge in [-0.2, -0.15) is 13.5 Å². The van der Waals surface area contributed by atoms with Crippen molar-refractivity contribution in [3.05, 3.63) is 40.9 Å². The average molecular weight is 688 g/mol. The van der Waals surface area contributed by atoms with E-state index in [2.05, 4.69) is 35.4 Å². The number of hydroxylamine groups is 2. The van der Waals surface area contributed by atoms with Crippen molar-refractivity contribution in [3.8, 4) is 5.75 Å². The van der Waals surface area contributed by atoms with Gasteiger partial charge in [0.1, 0.15) is 29.8 Å². The number of anilines is 1. The normalized spacial score (nSPS) is 18.3. The molecule has 4 rings (SSSR count). The number of carbonyl (C=O) groups is 3. The second-order valence-electron chi connectivity index (χ2n) is 9.71. The number of amides is 2. The minimum atomic E-state index is -4.74. The molecule has 2 atom stereocenters. The third-order valence-corrected chi connectivity index (χ3v) is 7.09. The van der Waals surface area contributed by atoms with Gasteiger partial charge in [-0.25, -0.2) is 4.98 Å². The molecular weight excluding hydrogens is 650 g/mol. The maximum Gasteiger partial charge on any atom is 0.418 e. The molecule has 0 saturated carbocycles. The lowest BCUT2D eigenvalue weighted by Gasteiger charge is -2.50. The van der Waals surface area contributed by atoms with E-state index >= 15 is 0 Å². The zero-order valence-electron chi connectivity index (χ0n) is 25.2. The van der Waals surface area contributed by atoms with Crippen molar-refractivity contribution in [2.45, 2.75) is 38.4 Å². The summed E-state index contributed by atoms with van der Waals surface area (Å²) in [6.45, 7) is 7.23. The van der Waals surface area contributed by atoms with Gasteiger partial charge in [0.15, 0.2) is 17.7 Å². The van der Waals surface area contributed by atoms with Crippen molar-refractivity contribution >= 4 is 57.3 Å². The summed E-state index contributed by atoms with van der Waals surface area (Å²) in [4.78, 5) is 43.6. The Balaban J connectivity index is 0.000000344. The predicted molar refractivity (Wildman–Crippen MR) is 167 cm³/mol. The van der Waals surface area contributed by atoms with Gasteiger partial charge >= 0.3 is 10.4 Å². The topological polar surface area (TPSA) is 282 Å². The first kappa shape index (κ1) is 37.6. The molecule has 0 spiro atoms. The van der Waals surface area contributed by atoms with E-state index in [1.165, 1.54) is 25.2 Å². The molecule has 0 aliphatic carbocycles. The Kier molecular flexibility index (Phi) is 14.6. The molecule has 0 radical (unpaired) electrons. The maximum absolute atomic E-state index is 11.2. The number of nitrogens with one attached hydrogen (secondary N) is 3. The summed E-state index contributed by atoms with van der Waals surface area (Å²) in [6.07, 6.45) is 0.328. The number of hydrogen-bond donors (Lipinski definition) is 7. The Bertz CT molecular complexity index is 1470. The molecule has 2 aromatic rings. The maximum atomic E-state index is 11.2. The van der Waals surface area contributed by atoms with E-state index in [0.717, 1.165) is 23.0 Å². The van der Waals surface area contributed by atoms with Crippen LogP contribution in [0.3, 0.4) is 0 Å². The molecule has 0 bridgehead atoms. The van der Waals surface area contributed by atoms with Gasteiger partial charge in [0, 0.05) is 18.5 Å². The summed E-state index contributed by atoms with van der Waals surface area (Å²) in [5, 5.41) is 22.5. The van der Waals surface area contributed by atoms with Crippen molar-refractivity contribution in [2.75, 3.05) is 38.6 Å². The van der Waals surface area contributed by atoms with Crippen molar-refractivity contribution in [1.29, 1.82) is 0 Å². The largest absolute Gasteiger partial charge is 0.490 e. The first-order chi connectivity index (χ1) is 21.8. The van der Waals surface area contributed by atoms with Crippen LogP contribution in [0, 0.1) is 0 Å². The molecule has 1 fully saturated rings. The molecule has 2 aliphatic heterocycles. The van der Waals surface area contributed by atoms with Gasteiger partial charge < -0.3 is 42.1 Å². The van der Waals surface area contributed by atoms with Crippen molar-refractivity contribution in [3.63, 3.8) is 0 Å². The van der Waals surface area contributed by atoms with Crippen LogP contribution in [0.15, 0.2) is 39.8 Å². The quantitative estimate of drug-likeness (QED) is 0.0341. The number of carboxylic acid groups (broad SMARTS) is 1. The number of thiazole rings is 1. The highest BCUT2D eigenvalue weighted by atomic mass is 32.3. The third kappa shape index (κ3) is 11.4. The number of carbonyl (C=O) groups excluding carboxylic acids is 2. The lowest BCUT2D eigenvalue weighted by molar-refractivity contribution is -0.218. The fourth-order valence-corrected chi connectivity index (χ4v) is 4.95. The zero-order chi connectivity index (χ0) is 34.3. The van der Waals surface area contributed by atoms with E-state index in [4.69, 9.17) is 35.5 Å².